The molecule has 1 aliphatic rings. The maximum absolute atomic E-state index is 13.8. The van der Waals surface area contributed by atoms with Crippen molar-refractivity contribution in [2.75, 3.05) is 16.0 Å². The molecule has 1 aromatic heterocycles. The number of halogens is 3. The normalized spacial score (nSPS) is 16.7. The third kappa shape index (κ3) is 3.95. The molecule has 0 aliphatic carbocycles. The Morgan fingerprint density at radius 1 is 1.13 bits per heavy atom. The molecular weight excluding hydrogens is 417 g/mol. The van der Waals surface area contributed by atoms with E-state index in [1.165, 1.54) is 24.5 Å². The van der Waals surface area contributed by atoms with Crippen LogP contribution in [0, 0.1) is 0 Å². The van der Waals surface area contributed by atoms with E-state index in [1.54, 1.807) is 30.3 Å². The summed E-state index contributed by atoms with van der Waals surface area (Å²) in [4.78, 5) is 34.0. The number of carbonyl (C=O) groups is 2. The Morgan fingerprint density at radius 2 is 1.87 bits per heavy atom. The number of thioether (sulfide) groups is 1. The fourth-order valence-electron chi connectivity index (χ4n) is 3.29. The topological polar surface area (TPSA) is 75.2 Å². The van der Waals surface area contributed by atoms with Crippen molar-refractivity contribution < 1.29 is 22.8 Å². The monoisotopic (exact) mass is 432 g/mol. The van der Waals surface area contributed by atoms with Gasteiger partial charge in [0.05, 0.1) is 29.1 Å². The number of hydrogen-bond donors (Lipinski definition) is 1. The van der Waals surface area contributed by atoms with Gasteiger partial charge in [-0.15, -0.1) is 0 Å². The fraction of sp³-hybridized carbons (Fsp3) is 0.200. The Morgan fingerprint density at radius 3 is 2.67 bits per heavy atom. The highest BCUT2D eigenvalue weighted by Crippen LogP contribution is 2.38. The van der Waals surface area contributed by atoms with Crippen LogP contribution in [0.3, 0.4) is 0 Å². The lowest BCUT2D eigenvalue weighted by atomic mass is 10.1. The highest BCUT2D eigenvalue weighted by molar-refractivity contribution is 8.00. The second-order valence-corrected chi connectivity index (χ2v) is 7.54. The Hall–Kier alpha value is -3.14. The molecule has 4 rings (SSSR count). The Balaban J connectivity index is 1.67. The molecule has 1 unspecified atom stereocenters. The van der Waals surface area contributed by atoms with E-state index < -0.39 is 30.5 Å². The van der Waals surface area contributed by atoms with Gasteiger partial charge in [-0.2, -0.15) is 13.2 Å². The molecular formula is C20H15F3N4O2S. The van der Waals surface area contributed by atoms with E-state index in [2.05, 4.69) is 15.3 Å². The third-order valence-corrected chi connectivity index (χ3v) is 5.60. The van der Waals surface area contributed by atoms with E-state index >= 15 is 0 Å². The molecule has 1 N–H and O–H groups in total. The van der Waals surface area contributed by atoms with Crippen LogP contribution in [0.5, 0.6) is 0 Å². The third-order valence-electron chi connectivity index (χ3n) is 4.61. The van der Waals surface area contributed by atoms with Gasteiger partial charge in [-0.1, -0.05) is 42.1 Å². The second-order valence-electron chi connectivity index (χ2n) is 6.58. The minimum atomic E-state index is -4.77. The molecule has 30 heavy (non-hydrogen) atoms. The summed E-state index contributed by atoms with van der Waals surface area (Å²) in [5, 5.41) is 3.65. The highest BCUT2D eigenvalue weighted by atomic mass is 32.2. The van der Waals surface area contributed by atoms with Crippen molar-refractivity contribution in [3.63, 3.8) is 0 Å². The van der Waals surface area contributed by atoms with E-state index in [1.807, 2.05) is 0 Å². The molecule has 0 fully saturated rings. The summed E-state index contributed by atoms with van der Waals surface area (Å²) < 4.78 is 41.3. The number of carbonyl (C=O) groups excluding carboxylic acids is 2. The number of aromatic nitrogens is 2. The van der Waals surface area contributed by atoms with E-state index in [9.17, 15) is 22.8 Å². The molecule has 2 aromatic carbocycles. The molecule has 2 amide bonds. The molecule has 154 valence electrons. The molecule has 1 aliphatic heterocycles. The van der Waals surface area contributed by atoms with E-state index in [0.717, 1.165) is 11.8 Å². The first kappa shape index (κ1) is 20.1. The zero-order valence-corrected chi connectivity index (χ0v) is 16.2. The van der Waals surface area contributed by atoms with Crippen LogP contribution in [-0.2, 0) is 9.59 Å². The summed E-state index contributed by atoms with van der Waals surface area (Å²) >= 11 is 1.03. The lowest BCUT2D eigenvalue weighted by Crippen LogP contribution is -2.50. The highest BCUT2D eigenvalue weighted by Gasteiger charge is 2.48. The number of rotatable bonds is 3. The minimum absolute atomic E-state index is 0.0174. The molecule has 0 saturated heterocycles. The summed E-state index contributed by atoms with van der Waals surface area (Å²) in [6, 6.07) is 10.9. The number of fused-ring (bicyclic) bond motifs is 2. The van der Waals surface area contributed by atoms with Crippen LogP contribution < -0.4 is 10.2 Å². The largest absolute Gasteiger partial charge is 0.409 e. The first-order chi connectivity index (χ1) is 14.3. The first-order valence-electron chi connectivity index (χ1n) is 8.95. The molecule has 2 heterocycles. The second kappa shape index (κ2) is 7.94. The Kier molecular flexibility index (Phi) is 5.33. The predicted octanol–water partition coefficient (Wildman–Crippen LogP) is 4.03. The van der Waals surface area contributed by atoms with E-state index in [0.29, 0.717) is 20.8 Å². The van der Waals surface area contributed by atoms with Crippen LogP contribution in [0.2, 0.25) is 0 Å². The average Bonchev–Trinajstić information content (AvgIpc) is 2.87. The molecule has 0 spiro atoms. The number of nitrogens with zero attached hydrogens (tertiary/aromatic N) is 3. The summed E-state index contributed by atoms with van der Waals surface area (Å²) in [5.74, 6) is -1.85. The number of nitrogens with one attached hydrogen (secondary N) is 1. The fourth-order valence-corrected chi connectivity index (χ4v) is 4.14. The van der Waals surface area contributed by atoms with Crippen LogP contribution in [0.25, 0.3) is 10.9 Å². The van der Waals surface area contributed by atoms with Crippen molar-refractivity contribution in [2.45, 2.75) is 23.7 Å². The lowest BCUT2D eigenvalue weighted by Gasteiger charge is -2.31. The number of benzene rings is 2. The number of anilines is 2. The quantitative estimate of drug-likeness (QED) is 0.500. The summed E-state index contributed by atoms with van der Waals surface area (Å²) in [7, 11) is 0. The van der Waals surface area contributed by atoms with Gasteiger partial charge in [0.15, 0.2) is 0 Å². The van der Waals surface area contributed by atoms with Crippen LogP contribution in [0.15, 0.2) is 59.9 Å². The first-order valence-corrected chi connectivity index (χ1v) is 9.93. The number of para-hydroxylation sites is 3. The van der Waals surface area contributed by atoms with Gasteiger partial charge in [-0.25, -0.2) is 9.97 Å². The Bertz CT molecular complexity index is 1120. The maximum atomic E-state index is 13.8. The van der Waals surface area contributed by atoms with Gasteiger partial charge in [0.25, 0.3) is 0 Å². The molecule has 0 radical (unpaired) electrons. The van der Waals surface area contributed by atoms with Gasteiger partial charge in [-0.3, -0.25) is 14.5 Å². The van der Waals surface area contributed by atoms with Crippen molar-refractivity contribution >= 4 is 45.9 Å². The smallest absolute Gasteiger partial charge is 0.324 e. The summed E-state index contributed by atoms with van der Waals surface area (Å²) in [6.07, 6.45) is -4.29. The predicted molar refractivity (Wildman–Crippen MR) is 107 cm³/mol. The van der Waals surface area contributed by atoms with Gasteiger partial charge >= 0.3 is 6.18 Å². The van der Waals surface area contributed by atoms with Gasteiger partial charge in [-0.05, 0) is 18.2 Å². The molecule has 0 saturated carbocycles. The van der Waals surface area contributed by atoms with Crippen molar-refractivity contribution in [1.29, 1.82) is 0 Å². The van der Waals surface area contributed by atoms with Crippen LogP contribution in [-0.4, -0.2) is 39.8 Å². The molecule has 0 bridgehead atoms. The molecule has 6 nitrogen and oxygen atoms in total. The average molecular weight is 432 g/mol. The van der Waals surface area contributed by atoms with E-state index in [4.69, 9.17) is 0 Å². The van der Waals surface area contributed by atoms with Gasteiger partial charge in [0, 0.05) is 5.39 Å². The SMILES string of the molecule is O=C1CC(C(F)(F)F)N(C(=O)CSc2ncnc3ccccc23)c2ccccc2N1. The summed E-state index contributed by atoms with van der Waals surface area (Å²) in [5.41, 5.74) is 0.856. The molecule has 10 heteroatoms. The number of alkyl halides is 3. The maximum Gasteiger partial charge on any atom is 0.409 e. The zero-order chi connectivity index (χ0) is 21.3. The van der Waals surface area contributed by atoms with Crippen LogP contribution >= 0.6 is 11.8 Å². The van der Waals surface area contributed by atoms with Crippen LogP contribution in [0.4, 0.5) is 24.5 Å². The van der Waals surface area contributed by atoms with Crippen molar-refractivity contribution in [3.8, 4) is 0 Å². The number of hydrogen-bond acceptors (Lipinski definition) is 5. The number of amides is 2. The summed E-state index contributed by atoms with van der Waals surface area (Å²) in [6.45, 7) is 0. The van der Waals surface area contributed by atoms with Gasteiger partial charge in [0.2, 0.25) is 11.8 Å². The van der Waals surface area contributed by atoms with Gasteiger partial charge in [0.1, 0.15) is 17.4 Å². The lowest BCUT2D eigenvalue weighted by molar-refractivity contribution is -0.157. The minimum Gasteiger partial charge on any atom is -0.324 e. The standard InChI is InChI=1S/C20H15F3N4O2S/c21-20(22,23)16-9-17(28)26-14-7-3-4-8-15(14)27(16)18(29)10-30-19-12-5-1-2-6-13(12)24-11-25-19/h1-8,11,16H,9-10H2,(H,26,28). The zero-order valence-electron chi connectivity index (χ0n) is 15.4. The Labute approximate surface area is 173 Å². The van der Waals surface area contributed by atoms with Crippen molar-refractivity contribution in [2.24, 2.45) is 0 Å². The van der Waals surface area contributed by atoms with Crippen LogP contribution in [0.1, 0.15) is 6.42 Å². The van der Waals surface area contributed by atoms with E-state index in [-0.39, 0.29) is 17.1 Å². The molecule has 3 aromatic rings. The molecule has 1 atom stereocenters. The van der Waals surface area contributed by atoms with Crippen molar-refractivity contribution in [3.05, 3.63) is 54.9 Å². The van der Waals surface area contributed by atoms with Gasteiger partial charge < -0.3 is 5.32 Å². The van der Waals surface area contributed by atoms with Crippen molar-refractivity contribution in [1.82, 2.24) is 9.97 Å².